The van der Waals surface area contributed by atoms with Crippen molar-refractivity contribution in [1.29, 1.82) is 0 Å². The Bertz CT molecular complexity index is 340. The van der Waals surface area contributed by atoms with E-state index in [0.717, 1.165) is 23.9 Å². The first-order valence-electron chi connectivity index (χ1n) is 6.28. The molecule has 0 aliphatic carbocycles. The molecule has 0 fully saturated rings. The van der Waals surface area contributed by atoms with Crippen molar-refractivity contribution in [3.8, 4) is 0 Å². The van der Waals surface area contributed by atoms with E-state index in [1.807, 2.05) is 13.1 Å². The van der Waals surface area contributed by atoms with Gasteiger partial charge in [0.25, 0.3) is 0 Å². The van der Waals surface area contributed by atoms with Crippen LogP contribution in [0.4, 0.5) is 11.6 Å². The second kappa shape index (κ2) is 5.84. The van der Waals surface area contributed by atoms with Crippen molar-refractivity contribution in [2.45, 2.75) is 40.2 Å². The van der Waals surface area contributed by atoms with Crippen molar-refractivity contribution in [1.82, 2.24) is 9.97 Å². The van der Waals surface area contributed by atoms with E-state index in [1.54, 1.807) is 0 Å². The summed E-state index contributed by atoms with van der Waals surface area (Å²) in [6.45, 7) is 8.74. The van der Waals surface area contributed by atoms with Crippen LogP contribution in [0.25, 0.3) is 0 Å². The molecule has 1 heterocycles. The summed E-state index contributed by atoms with van der Waals surface area (Å²) in [6.07, 6.45) is 0.854. The Morgan fingerprint density at radius 1 is 1.29 bits per heavy atom. The van der Waals surface area contributed by atoms with Crippen LogP contribution in [-0.2, 0) is 6.42 Å². The summed E-state index contributed by atoms with van der Waals surface area (Å²) in [6, 6.07) is 2.46. The molecular formula is C13H24N4. The van der Waals surface area contributed by atoms with Gasteiger partial charge in [0.05, 0.1) is 0 Å². The highest BCUT2D eigenvalue weighted by Gasteiger charge is 2.16. The molecule has 1 aromatic rings. The van der Waals surface area contributed by atoms with Crippen LogP contribution in [0.2, 0.25) is 0 Å². The van der Waals surface area contributed by atoms with Crippen molar-refractivity contribution in [3.05, 3.63) is 11.9 Å². The second-order valence-electron chi connectivity index (χ2n) is 4.73. The van der Waals surface area contributed by atoms with Gasteiger partial charge in [-0.25, -0.2) is 9.97 Å². The van der Waals surface area contributed by atoms with Crippen LogP contribution in [0.3, 0.4) is 0 Å². The Morgan fingerprint density at radius 2 is 1.94 bits per heavy atom. The molecule has 96 valence electrons. The zero-order chi connectivity index (χ0) is 13.0. The quantitative estimate of drug-likeness (QED) is 0.853. The first kappa shape index (κ1) is 13.7. The molecule has 0 spiro atoms. The fourth-order valence-electron chi connectivity index (χ4n) is 1.61. The zero-order valence-electron chi connectivity index (χ0n) is 11.8. The van der Waals surface area contributed by atoms with E-state index < -0.39 is 0 Å². The summed E-state index contributed by atoms with van der Waals surface area (Å²) in [7, 11) is 3.98. The Balaban J connectivity index is 3.03. The topological polar surface area (TPSA) is 41.1 Å². The van der Waals surface area contributed by atoms with Crippen LogP contribution in [0, 0.1) is 5.92 Å². The number of aromatic nitrogens is 2. The predicted molar refractivity (Wildman–Crippen MR) is 73.7 cm³/mol. The molecule has 0 saturated heterocycles. The van der Waals surface area contributed by atoms with Crippen LogP contribution in [-0.4, -0.2) is 30.1 Å². The minimum absolute atomic E-state index is 0.458. The lowest BCUT2D eigenvalue weighted by Crippen LogP contribution is -2.34. The molecule has 1 aromatic heterocycles. The summed E-state index contributed by atoms with van der Waals surface area (Å²) in [5.74, 6) is 3.35. The average molecular weight is 236 g/mol. The molecule has 0 saturated carbocycles. The van der Waals surface area contributed by atoms with Crippen LogP contribution in [0.5, 0.6) is 0 Å². The third-order valence-electron chi connectivity index (χ3n) is 3.27. The molecule has 0 aliphatic rings. The van der Waals surface area contributed by atoms with Gasteiger partial charge < -0.3 is 10.2 Å². The Labute approximate surface area is 104 Å². The van der Waals surface area contributed by atoms with Crippen molar-refractivity contribution in [3.63, 3.8) is 0 Å². The SMILES string of the molecule is CCc1nc(NC)cc(N(C)C(C)C(C)C)n1. The highest BCUT2D eigenvalue weighted by atomic mass is 15.2. The highest BCUT2D eigenvalue weighted by molar-refractivity contribution is 5.49. The molecule has 4 heteroatoms. The molecular weight excluding hydrogens is 212 g/mol. The normalized spacial score (nSPS) is 12.6. The van der Waals surface area contributed by atoms with Gasteiger partial charge in [-0.15, -0.1) is 0 Å². The molecule has 17 heavy (non-hydrogen) atoms. The number of hydrogen-bond acceptors (Lipinski definition) is 4. The van der Waals surface area contributed by atoms with Gasteiger partial charge in [-0.05, 0) is 12.8 Å². The Morgan fingerprint density at radius 3 is 2.41 bits per heavy atom. The number of aryl methyl sites for hydroxylation is 1. The Hall–Kier alpha value is -1.32. The summed E-state index contributed by atoms with van der Waals surface area (Å²) in [5.41, 5.74) is 0. The molecule has 1 N–H and O–H groups in total. The third-order valence-corrected chi connectivity index (χ3v) is 3.27. The fourth-order valence-corrected chi connectivity index (χ4v) is 1.61. The molecule has 4 nitrogen and oxygen atoms in total. The number of nitrogens with zero attached hydrogens (tertiary/aromatic N) is 3. The summed E-state index contributed by atoms with van der Waals surface area (Å²) < 4.78 is 0. The van der Waals surface area contributed by atoms with E-state index in [0.29, 0.717) is 12.0 Å². The first-order chi connectivity index (χ1) is 7.99. The fraction of sp³-hybridized carbons (Fsp3) is 0.692. The molecule has 1 unspecified atom stereocenters. The van der Waals surface area contributed by atoms with Crippen molar-refractivity contribution in [2.24, 2.45) is 5.92 Å². The number of hydrogen-bond donors (Lipinski definition) is 1. The molecule has 1 rings (SSSR count). The highest BCUT2D eigenvalue weighted by Crippen LogP contribution is 2.19. The summed E-state index contributed by atoms with van der Waals surface area (Å²) >= 11 is 0. The van der Waals surface area contributed by atoms with Gasteiger partial charge in [-0.1, -0.05) is 20.8 Å². The molecule has 0 aromatic carbocycles. The van der Waals surface area contributed by atoms with Crippen LogP contribution in [0.15, 0.2) is 6.07 Å². The molecule has 0 bridgehead atoms. The minimum atomic E-state index is 0.458. The van der Waals surface area contributed by atoms with Gasteiger partial charge in [0.15, 0.2) is 0 Å². The number of rotatable bonds is 5. The van der Waals surface area contributed by atoms with Crippen molar-refractivity contribution in [2.75, 3.05) is 24.3 Å². The van der Waals surface area contributed by atoms with Crippen molar-refractivity contribution < 1.29 is 0 Å². The maximum absolute atomic E-state index is 4.58. The van der Waals surface area contributed by atoms with Crippen LogP contribution in [0.1, 0.15) is 33.5 Å². The summed E-state index contributed by atoms with van der Waals surface area (Å²) in [4.78, 5) is 11.2. The van der Waals surface area contributed by atoms with Gasteiger partial charge in [0, 0.05) is 32.6 Å². The third kappa shape index (κ3) is 3.32. The largest absolute Gasteiger partial charge is 0.373 e. The molecule has 1 atom stereocenters. The van der Waals surface area contributed by atoms with E-state index in [9.17, 15) is 0 Å². The number of anilines is 2. The molecule has 0 amide bonds. The van der Waals surface area contributed by atoms with Crippen molar-refractivity contribution >= 4 is 11.6 Å². The van der Waals surface area contributed by atoms with Gasteiger partial charge in [0.2, 0.25) is 0 Å². The maximum atomic E-state index is 4.58. The standard InChI is InChI=1S/C13H24N4/c1-7-11-15-12(14-5)8-13(16-11)17(6)10(4)9(2)3/h8-10H,7H2,1-6H3,(H,14,15,16). The smallest absolute Gasteiger partial charge is 0.134 e. The molecule has 0 radical (unpaired) electrons. The van der Waals surface area contributed by atoms with E-state index in [4.69, 9.17) is 0 Å². The van der Waals surface area contributed by atoms with Gasteiger partial charge in [-0.3, -0.25) is 0 Å². The van der Waals surface area contributed by atoms with Gasteiger partial charge in [0.1, 0.15) is 17.5 Å². The molecule has 0 aliphatic heterocycles. The van der Waals surface area contributed by atoms with Crippen LogP contribution < -0.4 is 10.2 Å². The van der Waals surface area contributed by atoms with E-state index >= 15 is 0 Å². The second-order valence-corrected chi connectivity index (χ2v) is 4.73. The summed E-state index contributed by atoms with van der Waals surface area (Å²) in [5, 5.41) is 3.09. The van der Waals surface area contributed by atoms with Crippen LogP contribution >= 0.6 is 0 Å². The van der Waals surface area contributed by atoms with Gasteiger partial charge >= 0.3 is 0 Å². The van der Waals surface area contributed by atoms with E-state index in [1.165, 1.54) is 0 Å². The lowest BCUT2D eigenvalue weighted by atomic mass is 10.1. The Kier molecular flexibility index (Phi) is 4.73. The lowest BCUT2D eigenvalue weighted by molar-refractivity contribution is 0.502. The average Bonchev–Trinajstić information content (AvgIpc) is 2.35. The first-order valence-corrected chi connectivity index (χ1v) is 6.28. The van der Waals surface area contributed by atoms with E-state index in [2.05, 4.69) is 54.9 Å². The number of nitrogens with one attached hydrogen (secondary N) is 1. The minimum Gasteiger partial charge on any atom is -0.373 e. The monoisotopic (exact) mass is 236 g/mol. The van der Waals surface area contributed by atoms with Gasteiger partial charge in [-0.2, -0.15) is 0 Å². The maximum Gasteiger partial charge on any atom is 0.134 e. The lowest BCUT2D eigenvalue weighted by Gasteiger charge is -2.29. The predicted octanol–water partition coefficient (Wildman–Crippen LogP) is 2.56. The zero-order valence-corrected chi connectivity index (χ0v) is 11.8. The van der Waals surface area contributed by atoms with E-state index in [-0.39, 0.29) is 0 Å².